The van der Waals surface area contributed by atoms with E-state index in [2.05, 4.69) is 6.20 Å². The molecule has 0 fully saturated rings. The fourth-order valence-corrected chi connectivity index (χ4v) is 0.456. The molecule has 32 valence electrons. The van der Waals surface area contributed by atoms with E-state index in [1.165, 1.54) is 0 Å². The van der Waals surface area contributed by atoms with Gasteiger partial charge in [0.15, 0.2) is 0 Å². The van der Waals surface area contributed by atoms with Gasteiger partial charge in [-0.15, -0.1) is 0 Å². The molecule has 0 amide bonds. The third kappa shape index (κ3) is 4.71. The van der Waals surface area contributed by atoms with Crippen molar-refractivity contribution in [2.24, 2.45) is 0 Å². The Morgan fingerprint density at radius 3 is 1.60 bits per heavy atom. The predicted octanol–water partition coefficient (Wildman–Crippen LogP) is -0.187. The van der Waals surface area contributed by atoms with E-state index in [1.54, 1.807) is 14.2 Å². The average Bonchev–Trinajstić information content (AvgIpc) is 1.41. The molecular weight excluding hydrogens is 184 g/mol. The molecule has 0 radical (unpaired) electrons. The van der Waals surface area contributed by atoms with Crippen molar-refractivity contribution in [2.75, 3.05) is 14.2 Å². The van der Waals surface area contributed by atoms with Crippen LogP contribution < -0.4 is 0 Å². The van der Waals surface area contributed by atoms with Gasteiger partial charge in [0.05, 0.1) is 0 Å². The molecule has 0 saturated carbocycles. The van der Waals surface area contributed by atoms with E-state index in [9.17, 15) is 0 Å². The molecule has 0 bridgehead atoms. The molecule has 0 aromatic rings. The van der Waals surface area contributed by atoms with E-state index in [1.807, 2.05) is 0 Å². The van der Waals surface area contributed by atoms with Gasteiger partial charge in [0.1, 0.15) is 0 Å². The number of hydrogen-bond donors (Lipinski definition) is 0. The molecule has 2 nitrogen and oxygen atoms in total. The number of hydrogen-bond acceptors (Lipinski definition) is 2. The molecule has 5 heavy (non-hydrogen) atoms. The molecule has 0 aliphatic heterocycles. The molecule has 0 heterocycles. The molecule has 0 spiro atoms. The molecule has 0 saturated heterocycles. The van der Waals surface area contributed by atoms with Crippen LogP contribution in [0.3, 0.4) is 0 Å². The summed E-state index contributed by atoms with van der Waals surface area (Å²) in [7, 11) is 3.29. The topological polar surface area (TPSA) is 18.5 Å². The van der Waals surface area contributed by atoms with Crippen LogP contribution in [0.4, 0.5) is 0 Å². The van der Waals surface area contributed by atoms with Crippen LogP contribution in [0.1, 0.15) is 0 Å². The van der Waals surface area contributed by atoms with E-state index >= 15 is 0 Å². The van der Waals surface area contributed by atoms with Gasteiger partial charge in [-0.3, -0.25) is 0 Å². The van der Waals surface area contributed by atoms with Gasteiger partial charge in [-0.25, -0.2) is 0 Å². The first-order valence-corrected chi connectivity index (χ1v) is 3.05. The Morgan fingerprint density at radius 1 is 1.20 bits per heavy atom. The van der Waals surface area contributed by atoms with E-state index in [0.29, 0.717) is 0 Å². The summed E-state index contributed by atoms with van der Waals surface area (Å²) in [5.41, 5.74) is 0. The van der Waals surface area contributed by atoms with Crippen molar-refractivity contribution in [1.82, 2.24) is 0 Å². The third-order valence-corrected chi connectivity index (χ3v) is 0.913. The van der Waals surface area contributed by atoms with Gasteiger partial charge in [-0.2, -0.15) is 0 Å². The molecule has 0 unspecified atom stereocenters. The van der Waals surface area contributed by atoms with Gasteiger partial charge >= 0.3 is 42.2 Å². The van der Waals surface area contributed by atoms with Gasteiger partial charge in [0, 0.05) is 0 Å². The van der Waals surface area contributed by atoms with E-state index in [0.717, 1.165) is 0 Å². The van der Waals surface area contributed by atoms with Crippen molar-refractivity contribution in [3.05, 3.63) is 0 Å². The maximum absolute atomic E-state index is 4.60. The summed E-state index contributed by atoms with van der Waals surface area (Å²) in [6.45, 7) is 0. The van der Waals surface area contributed by atoms with E-state index in [-0.39, 0.29) is 0 Å². The maximum atomic E-state index is 4.60. The first-order valence-electron chi connectivity index (χ1n) is 1.15. The van der Waals surface area contributed by atoms with Crippen molar-refractivity contribution in [3.63, 3.8) is 0 Å². The Hall–Kier alpha value is 0.710. The quantitative estimate of drug-likeness (QED) is 0.561. The van der Waals surface area contributed by atoms with Crippen LogP contribution in [-0.2, 0) is 6.20 Å². The van der Waals surface area contributed by atoms with Crippen LogP contribution in [0.15, 0.2) is 0 Å². The Kier molecular flexibility index (Phi) is 5.38. The molecule has 0 rings (SSSR count). The second kappa shape index (κ2) is 4.71. The summed E-state index contributed by atoms with van der Waals surface area (Å²) in [4.78, 5) is 0. The monoisotopic (exact) mass is 192 g/mol. The van der Waals surface area contributed by atoms with Crippen LogP contribution in [0.5, 0.6) is 0 Å². The van der Waals surface area contributed by atoms with Crippen molar-refractivity contribution in [1.29, 1.82) is 0 Å². The first kappa shape index (κ1) is 5.71. The minimum absolute atomic E-state index is 0.507. The van der Waals surface area contributed by atoms with Crippen LogP contribution in [0.2, 0.25) is 0 Å². The zero-order valence-corrected chi connectivity index (χ0v) is 5.56. The summed E-state index contributed by atoms with van der Waals surface area (Å²) in [5.74, 6) is 0. The van der Waals surface area contributed by atoms with Crippen LogP contribution in [0, 0.1) is 0 Å². The molecule has 0 N–H and O–H groups in total. The second-order valence-corrected chi connectivity index (χ2v) is 2.69. The van der Waals surface area contributed by atoms with Crippen LogP contribution in [0.25, 0.3) is 0 Å². The zero-order valence-electron chi connectivity index (χ0n) is 3.22. The molecular formula is C2H6O2Te. The summed E-state index contributed by atoms with van der Waals surface area (Å²) in [6, 6.07) is 0. The average molecular weight is 190 g/mol. The van der Waals surface area contributed by atoms with Gasteiger partial charge < -0.3 is 0 Å². The van der Waals surface area contributed by atoms with Crippen molar-refractivity contribution >= 4 is 21.7 Å². The SMILES string of the molecule is CO[Te]OC. The van der Waals surface area contributed by atoms with Crippen LogP contribution in [-0.4, -0.2) is 36.0 Å². The van der Waals surface area contributed by atoms with Crippen molar-refractivity contribution < 1.29 is 6.20 Å². The van der Waals surface area contributed by atoms with E-state index < -0.39 is 21.7 Å². The molecule has 0 aliphatic rings. The predicted molar refractivity (Wildman–Crippen MR) is 19.8 cm³/mol. The Morgan fingerprint density at radius 2 is 1.60 bits per heavy atom. The molecule has 0 aromatic carbocycles. The Labute approximate surface area is 42.6 Å². The van der Waals surface area contributed by atoms with Gasteiger partial charge in [-0.1, -0.05) is 0 Å². The Bertz CT molecular complexity index is 15.1. The summed E-state index contributed by atoms with van der Waals surface area (Å²) >= 11 is -0.507. The molecule has 0 aromatic heterocycles. The summed E-state index contributed by atoms with van der Waals surface area (Å²) in [5, 5.41) is 0. The van der Waals surface area contributed by atoms with Gasteiger partial charge in [0.25, 0.3) is 0 Å². The molecule has 0 aliphatic carbocycles. The van der Waals surface area contributed by atoms with E-state index in [4.69, 9.17) is 0 Å². The van der Waals surface area contributed by atoms with Crippen molar-refractivity contribution in [2.45, 2.75) is 0 Å². The van der Waals surface area contributed by atoms with Crippen molar-refractivity contribution in [3.8, 4) is 0 Å². The van der Waals surface area contributed by atoms with Crippen LogP contribution >= 0.6 is 0 Å². The van der Waals surface area contributed by atoms with Gasteiger partial charge in [0.2, 0.25) is 0 Å². The number of rotatable bonds is 2. The summed E-state index contributed by atoms with van der Waals surface area (Å²) < 4.78 is 9.20. The second-order valence-electron chi connectivity index (χ2n) is 0.401. The first-order chi connectivity index (χ1) is 2.41. The fraction of sp³-hybridized carbons (Fsp3) is 1.00. The normalized spacial score (nSPS) is 8.40. The summed E-state index contributed by atoms with van der Waals surface area (Å²) in [6.07, 6.45) is 0. The zero-order chi connectivity index (χ0) is 4.12. The Balaban J connectivity index is 2.19. The minimum atomic E-state index is -0.507. The standard InChI is InChI=1S/C2H6O2Te/c1-3-5-4-2/h1-2H3. The third-order valence-electron chi connectivity index (χ3n) is 0.136. The molecule has 3 heteroatoms. The fourth-order valence-electron chi connectivity index (χ4n) is 0.0680. The van der Waals surface area contributed by atoms with Gasteiger partial charge in [-0.05, 0) is 0 Å². The molecule has 0 atom stereocenters.